The molecule has 2 aromatic carbocycles. The van der Waals surface area contributed by atoms with Crippen LogP contribution < -0.4 is 14.2 Å². The summed E-state index contributed by atoms with van der Waals surface area (Å²) in [4.78, 5) is 12.6. The van der Waals surface area contributed by atoms with E-state index < -0.39 is 10.0 Å². The van der Waals surface area contributed by atoms with Gasteiger partial charge in [-0.3, -0.25) is 9.52 Å². The van der Waals surface area contributed by atoms with E-state index in [2.05, 4.69) is 11.6 Å². The van der Waals surface area contributed by atoms with Gasteiger partial charge in [0.1, 0.15) is 17.1 Å². The third-order valence-electron chi connectivity index (χ3n) is 5.51. The summed E-state index contributed by atoms with van der Waals surface area (Å²) in [7, 11) is -3.28. The second-order valence-corrected chi connectivity index (χ2v) is 11.1. The minimum Gasteiger partial charge on any atom is -0.486 e. The number of ether oxygens (including phenoxy) is 2. The van der Waals surface area contributed by atoms with Gasteiger partial charge < -0.3 is 9.47 Å². The van der Waals surface area contributed by atoms with E-state index in [4.69, 9.17) is 9.47 Å². The molecule has 1 atom stereocenters. The quantitative estimate of drug-likeness (QED) is 0.377. The minimum absolute atomic E-state index is 0.318. The van der Waals surface area contributed by atoms with E-state index in [9.17, 15) is 13.2 Å². The number of nitrogens with one attached hydrogen (secondary N) is 1. The van der Waals surface area contributed by atoms with Crippen molar-refractivity contribution in [3.63, 3.8) is 0 Å². The van der Waals surface area contributed by atoms with Crippen molar-refractivity contribution >= 4 is 33.4 Å². The Hall–Kier alpha value is -2.19. The molecule has 1 heterocycles. The normalized spacial score (nSPS) is 18.1. The lowest BCUT2D eigenvalue weighted by Crippen LogP contribution is -2.39. The van der Waals surface area contributed by atoms with Gasteiger partial charge in [0.2, 0.25) is 10.0 Å². The monoisotopic (exact) mass is 463 g/mol. The van der Waals surface area contributed by atoms with Crippen molar-refractivity contribution < 1.29 is 22.7 Å². The molecule has 0 fully saturated rings. The van der Waals surface area contributed by atoms with Crippen LogP contribution in [0.2, 0.25) is 0 Å². The van der Waals surface area contributed by atoms with Gasteiger partial charge in [-0.25, -0.2) is 8.42 Å². The Labute approximate surface area is 188 Å². The van der Waals surface area contributed by atoms with Crippen LogP contribution in [0.5, 0.6) is 11.5 Å². The fourth-order valence-electron chi connectivity index (χ4n) is 3.75. The Morgan fingerprint density at radius 1 is 1.16 bits per heavy atom. The molecule has 0 aliphatic carbocycles. The van der Waals surface area contributed by atoms with Crippen LogP contribution in [0.25, 0.3) is 0 Å². The molecule has 168 valence electrons. The van der Waals surface area contributed by atoms with Crippen molar-refractivity contribution in [1.29, 1.82) is 0 Å². The number of hydrogen-bond acceptors (Lipinski definition) is 6. The number of hydrogen-bond donors (Lipinski definition) is 1. The number of esters is 1. The molecule has 0 spiro atoms. The van der Waals surface area contributed by atoms with Crippen molar-refractivity contribution in [3.8, 4) is 11.5 Å². The molecule has 1 unspecified atom stereocenters. The molecular formula is C23H29NO5S2. The highest BCUT2D eigenvalue weighted by atomic mass is 32.2. The van der Waals surface area contributed by atoms with Crippen molar-refractivity contribution in [2.45, 2.75) is 58.0 Å². The Bertz CT molecular complexity index is 1110. The molecule has 0 saturated heterocycles. The Kier molecular flexibility index (Phi) is 6.62. The van der Waals surface area contributed by atoms with Gasteiger partial charge in [-0.05, 0) is 81.5 Å². The molecule has 0 bridgehead atoms. The summed E-state index contributed by atoms with van der Waals surface area (Å²) in [6, 6.07) is 7.33. The summed E-state index contributed by atoms with van der Waals surface area (Å²) in [5, 5.41) is 0. The van der Waals surface area contributed by atoms with Crippen LogP contribution in [0.15, 0.2) is 29.2 Å². The SMILES string of the molecule is CC(=O)Oc1c(C)c(C)c2c(c1C)CCC(C)(CSc1ccc(NS(C)(=O)=O)cc1)O2. The van der Waals surface area contributed by atoms with Gasteiger partial charge in [0.15, 0.2) is 0 Å². The van der Waals surface area contributed by atoms with Crippen LogP contribution in [0.3, 0.4) is 0 Å². The molecule has 0 amide bonds. The lowest BCUT2D eigenvalue weighted by molar-refractivity contribution is -0.132. The zero-order valence-electron chi connectivity index (χ0n) is 18.8. The molecule has 1 aliphatic rings. The molecule has 3 rings (SSSR count). The molecule has 6 nitrogen and oxygen atoms in total. The highest BCUT2D eigenvalue weighted by molar-refractivity contribution is 7.99. The number of anilines is 1. The van der Waals surface area contributed by atoms with Crippen LogP contribution in [-0.4, -0.2) is 32.0 Å². The number of rotatable bonds is 6. The third-order valence-corrected chi connectivity index (χ3v) is 7.48. The van der Waals surface area contributed by atoms with E-state index in [0.717, 1.165) is 57.7 Å². The number of fused-ring (bicyclic) bond motifs is 1. The summed E-state index contributed by atoms with van der Waals surface area (Å²) < 4.78 is 37.2. The first-order chi connectivity index (χ1) is 14.4. The second kappa shape index (κ2) is 8.74. The fourth-order valence-corrected chi connectivity index (χ4v) is 5.32. The maximum absolute atomic E-state index is 11.5. The number of thioether (sulfide) groups is 1. The van der Waals surface area contributed by atoms with Crippen molar-refractivity contribution in [2.75, 3.05) is 16.7 Å². The number of carbonyl (C=O) groups is 1. The Morgan fingerprint density at radius 3 is 2.39 bits per heavy atom. The maximum Gasteiger partial charge on any atom is 0.308 e. The summed E-state index contributed by atoms with van der Waals surface area (Å²) >= 11 is 1.68. The fraction of sp³-hybridized carbons (Fsp3) is 0.435. The van der Waals surface area contributed by atoms with E-state index in [1.165, 1.54) is 6.92 Å². The van der Waals surface area contributed by atoms with E-state index in [1.54, 1.807) is 23.9 Å². The van der Waals surface area contributed by atoms with Crippen LogP contribution >= 0.6 is 11.8 Å². The summed E-state index contributed by atoms with van der Waals surface area (Å²) in [6.07, 6.45) is 2.84. The molecule has 31 heavy (non-hydrogen) atoms. The first kappa shape index (κ1) is 23.5. The summed E-state index contributed by atoms with van der Waals surface area (Å²) in [5.74, 6) is 1.98. The lowest BCUT2D eigenvalue weighted by atomic mass is 9.88. The number of sulfonamides is 1. The first-order valence-electron chi connectivity index (χ1n) is 10.1. The zero-order chi connectivity index (χ0) is 23.0. The highest BCUT2D eigenvalue weighted by Crippen LogP contribution is 2.44. The van der Waals surface area contributed by atoms with Gasteiger partial charge in [-0.2, -0.15) is 0 Å². The Balaban J connectivity index is 1.76. The van der Waals surface area contributed by atoms with Gasteiger partial charge in [0.25, 0.3) is 0 Å². The smallest absolute Gasteiger partial charge is 0.308 e. The van der Waals surface area contributed by atoms with E-state index in [0.29, 0.717) is 11.4 Å². The molecule has 0 radical (unpaired) electrons. The largest absolute Gasteiger partial charge is 0.486 e. The average Bonchev–Trinajstić information content (AvgIpc) is 2.68. The zero-order valence-corrected chi connectivity index (χ0v) is 20.4. The third kappa shape index (κ3) is 5.54. The minimum atomic E-state index is -3.28. The average molecular weight is 464 g/mol. The van der Waals surface area contributed by atoms with Crippen molar-refractivity contribution in [2.24, 2.45) is 0 Å². The van der Waals surface area contributed by atoms with Crippen LogP contribution in [0.4, 0.5) is 5.69 Å². The standard InChI is InChI=1S/C23H29NO5S2/c1-14-15(2)22-20(16(3)21(14)28-17(4)25)11-12-23(5,29-22)13-30-19-9-7-18(8-10-19)24-31(6,26)27/h7-10,24H,11-13H2,1-6H3. The summed E-state index contributed by atoms with van der Waals surface area (Å²) in [6.45, 7) is 9.48. The maximum atomic E-state index is 11.5. The van der Waals surface area contributed by atoms with Gasteiger partial charge in [0.05, 0.1) is 6.26 Å². The lowest BCUT2D eigenvalue weighted by Gasteiger charge is -2.38. The summed E-state index contributed by atoms with van der Waals surface area (Å²) in [5.41, 5.74) is 4.22. The van der Waals surface area contributed by atoms with Gasteiger partial charge in [-0.1, -0.05) is 0 Å². The molecular weight excluding hydrogens is 434 g/mol. The van der Waals surface area contributed by atoms with Crippen LogP contribution in [-0.2, 0) is 21.2 Å². The molecule has 1 N–H and O–H groups in total. The highest BCUT2D eigenvalue weighted by Gasteiger charge is 2.35. The molecule has 1 aliphatic heterocycles. The molecule has 8 heteroatoms. The van der Waals surface area contributed by atoms with E-state index >= 15 is 0 Å². The van der Waals surface area contributed by atoms with Crippen LogP contribution in [0, 0.1) is 20.8 Å². The van der Waals surface area contributed by atoms with Crippen molar-refractivity contribution in [3.05, 3.63) is 46.5 Å². The number of carbonyl (C=O) groups excluding carboxylic acids is 1. The van der Waals surface area contributed by atoms with Gasteiger partial charge in [0, 0.05) is 28.8 Å². The van der Waals surface area contributed by atoms with E-state index in [1.807, 2.05) is 32.9 Å². The van der Waals surface area contributed by atoms with Crippen molar-refractivity contribution in [1.82, 2.24) is 0 Å². The second-order valence-electron chi connectivity index (χ2n) is 8.34. The topological polar surface area (TPSA) is 81.7 Å². The predicted molar refractivity (Wildman–Crippen MR) is 125 cm³/mol. The van der Waals surface area contributed by atoms with Gasteiger partial charge in [-0.15, -0.1) is 11.8 Å². The number of benzene rings is 2. The Morgan fingerprint density at radius 2 is 1.81 bits per heavy atom. The first-order valence-corrected chi connectivity index (χ1v) is 13.0. The molecule has 0 aromatic heterocycles. The van der Waals surface area contributed by atoms with E-state index in [-0.39, 0.29) is 11.6 Å². The molecule has 0 saturated carbocycles. The predicted octanol–water partition coefficient (Wildman–Crippen LogP) is 4.78. The van der Waals surface area contributed by atoms with Crippen LogP contribution in [0.1, 0.15) is 42.5 Å². The van der Waals surface area contributed by atoms with Gasteiger partial charge >= 0.3 is 5.97 Å². The molecule has 2 aromatic rings.